The van der Waals surface area contributed by atoms with E-state index in [2.05, 4.69) is 4.72 Å². The van der Waals surface area contributed by atoms with Gasteiger partial charge in [-0.3, -0.25) is 4.72 Å². The molecule has 0 spiro atoms. The summed E-state index contributed by atoms with van der Waals surface area (Å²) >= 11 is 7.10. The zero-order chi connectivity index (χ0) is 14.8. The Hall–Kier alpha value is -1.24. The van der Waals surface area contributed by atoms with E-state index in [4.69, 9.17) is 11.6 Å². The first-order valence-electron chi connectivity index (χ1n) is 5.54. The molecule has 0 aromatic heterocycles. The number of rotatable bonds is 4. The molecule has 0 saturated carbocycles. The summed E-state index contributed by atoms with van der Waals surface area (Å²) in [5.41, 5.74) is 0.442. The Morgan fingerprint density at radius 1 is 1.20 bits per heavy atom. The Morgan fingerprint density at radius 3 is 2.60 bits per heavy atom. The van der Waals surface area contributed by atoms with E-state index in [1.807, 2.05) is 12.3 Å². The lowest BCUT2D eigenvalue weighted by molar-refractivity contribution is 0.599. The highest BCUT2D eigenvalue weighted by molar-refractivity contribution is 7.98. The van der Waals surface area contributed by atoms with Gasteiger partial charge in [-0.05, 0) is 42.7 Å². The van der Waals surface area contributed by atoms with Crippen LogP contribution in [0.2, 0.25) is 5.02 Å². The van der Waals surface area contributed by atoms with Crippen LogP contribution in [0.3, 0.4) is 0 Å². The SMILES string of the molecule is CSc1cccc(NS(=O)(=O)c2ccc(F)c(Cl)c2)c1. The average Bonchev–Trinajstić information content (AvgIpc) is 2.41. The second-order valence-electron chi connectivity index (χ2n) is 3.91. The average molecular weight is 332 g/mol. The van der Waals surface area contributed by atoms with Gasteiger partial charge in [0.2, 0.25) is 0 Å². The molecule has 0 saturated heterocycles. The predicted octanol–water partition coefficient (Wildman–Crippen LogP) is 4.00. The standard InChI is InChI=1S/C13H11ClFNO2S2/c1-19-10-4-2-3-9(7-10)16-20(17,18)11-5-6-13(15)12(14)8-11/h2-8,16H,1H3. The summed E-state index contributed by atoms with van der Waals surface area (Å²) in [5.74, 6) is -0.657. The molecule has 0 aliphatic carbocycles. The minimum atomic E-state index is -3.79. The van der Waals surface area contributed by atoms with E-state index in [9.17, 15) is 12.8 Å². The van der Waals surface area contributed by atoms with Crippen molar-refractivity contribution in [3.63, 3.8) is 0 Å². The summed E-state index contributed by atoms with van der Waals surface area (Å²) in [4.78, 5) is 0.848. The van der Waals surface area contributed by atoms with Gasteiger partial charge in [-0.15, -0.1) is 11.8 Å². The van der Waals surface area contributed by atoms with Gasteiger partial charge in [-0.1, -0.05) is 17.7 Å². The van der Waals surface area contributed by atoms with Crippen LogP contribution in [0.15, 0.2) is 52.3 Å². The zero-order valence-corrected chi connectivity index (χ0v) is 12.8. The fourth-order valence-corrected chi connectivity index (χ4v) is 3.32. The first-order chi connectivity index (χ1) is 9.42. The van der Waals surface area contributed by atoms with Crippen molar-refractivity contribution in [2.24, 2.45) is 0 Å². The van der Waals surface area contributed by atoms with Crippen LogP contribution in [0.1, 0.15) is 0 Å². The van der Waals surface area contributed by atoms with Crippen molar-refractivity contribution >= 4 is 39.1 Å². The summed E-state index contributed by atoms with van der Waals surface area (Å²) in [5, 5.41) is -0.231. The van der Waals surface area contributed by atoms with Crippen molar-refractivity contribution in [1.82, 2.24) is 0 Å². The van der Waals surface area contributed by atoms with E-state index in [0.717, 1.165) is 17.0 Å². The van der Waals surface area contributed by atoms with Gasteiger partial charge in [0, 0.05) is 10.6 Å². The highest BCUT2D eigenvalue weighted by Gasteiger charge is 2.16. The van der Waals surface area contributed by atoms with E-state index in [1.54, 1.807) is 18.2 Å². The lowest BCUT2D eigenvalue weighted by Crippen LogP contribution is -2.13. The Labute approximate surface area is 126 Å². The van der Waals surface area contributed by atoms with Crippen LogP contribution in [0.5, 0.6) is 0 Å². The maximum atomic E-state index is 13.1. The van der Waals surface area contributed by atoms with Gasteiger partial charge in [0.15, 0.2) is 0 Å². The molecule has 0 aliphatic rings. The molecule has 0 radical (unpaired) electrons. The number of thioether (sulfide) groups is 1. The largest absolute Gasteiger partial charge is 0.280 e. The van der Waals surface area contributed by atoms with Crippen LogP contribution in [0.25, 0.3) is 0 Å². The number of anilines is 1. The highest BCUT2D eigenvalue weighted by Crippen LogP contribution is 2.24. The summed E-state index contributed by atoms with van der Waals surface area (Å²) in [6, 6.07) is 10.3. The molecule has 2 rings (SSSR count). The first-order valence-corrected chi connectivity index (χ1v) is 8.63. The smallest absolute Gasteiger partial charge is 0.261 e. The first kappa shape index (κ1) is 15.2. The third-order valence-corrected chi connectivity index (χ3v) is 4.92. The highest BCUT2D eigenvalue weighted by atomic mass is 35.5. The minimum Gasteiger partial charge on any atom is -0.280 e. The summed E-state index contributed by atoms with van der Waals surface area (Å²) in [6.07, 6.45) is 1.90. The molecule has 0 amide bonds. The van der Waals surface area contributed by atoms with E-state index < -0.39 is 15.8 Å². The van der Waals surface area contributed by atoms with Crippen LogP contribution in [-0.2, 0) is 10.0 Å². The lowest BCUT2D eigenvalue weighted by atomic mass is 10.3. The van der Waals surface area contributed by atoms with Crippen molar-refractivity contribution in [2.75, 3.05) is 11.0 Å². The number of nitrogens with one attached hydrogen (secondary N) is 1. The third-order valence-electron chi connectivity index (χ3n) is 2.52. The van der Waals surface area contributed by atoms with Gasteiger partial charge >= 0.3 is 0 Å². The summed E-state index contributed by atoms with van der Waals surface area (Å²) in [6.45, 7) is 0. The molecular weight excluding hydrogens is 321 g/mol. The third kappa shape index (κ3) is 3.45. The fraction of sp³-hybridized carbons (Fsp3) is 0.0769. The fourth-order valence-electron chi connectivity index (χ4n) is 1.54. The lowest BCUT2D eigenvalue weighted by Gasteiger charge is -2.09. The summed E-state index contributed by atoms with van der Waals surface area (Å²) in [7, 11) is -3.79. The predicted molar refractivity (Wildman–Crippen MR) is 80.4 cm³/mol. The van der Waals surface area contributed by atoms with E-state index in [0.29, 0.717) is 5.69 Å². The molecule has 2 aromatic rings. The minimum absolute atomic E-state index is 0.0848. The number of hydrogen-bond donors (Lipinski definition) is 1. The molecule has 0 atom stereocenters. The van der Waals surface area contributed by atoms with Crippen molar-refractivity contribution < 1.29 is 12.8 Å². The van der Waals surface area contributed by atoms with Crippen molar-refractivity contribution in [1.29, 1.82) is 0 Å². The van der Waals surface area contributed by atoms with Crippen LogP contribution in [0.4, 0.5) is 10.1 Å². The van der Waals surface area contributed by atoms with Gasteiger partial charge in [-0.25, -0.2) is 12.8 Å². The Morgan fingerprint density at radius 2 is 1.95 bits per heavy atom. The zero-order valence-electron chi connectivity index (χ0n) is 10.4. The van der Waals surface area contributed by atoms with E-state index in [1.165, 1.54) is 17.8 Å². The van der Waals surface area contributed by atoms with Crippen molar-refractivity contribution in [3.05, 3.63) is 53.3 Å². The van der Waals surface area contributed by atoms with Gasteiger partial charge < -0.3 is 0 Å². The molecule has 0 unspecified atom stereocenters. The van der Waals surface area contributed by atoms with Crippen LogP contribution >= 0.6 is 23.4 Å². The molecule has 0 heterocycles. The quantitative estimate of drug-likeness (QED) is 0.861. The number of benzene rings is 2. The maximum absolute atomic E-state index is 13.1. The normalized spacial score (nSPS) is 11.3. The second-order valence-corrected chi connectivity index (χ2v) is 6.88. The maximum Gasteiger partial charge on any atom is 0.261 e. The van der Waals surface area contributed by atoms with Gasteiger partial charge in [0.25, 0.3) is 10.0 Å². The molecule has 106 valence electrons. The molecule has 0 fully saturated rings. The van der Waals surface area contributed by atoms with Gasteiger partial charge in [0.05, 0.1) is 9.92 Å². The molecule has 3 nitrogen and oxygen atoms in total. The van der Waals surface area contributed by atoms with E-state index >= 15 is 0 Å². The number of sulfonamides is 1. The topological polar surface area (TPSA) is 46.2 Å². The van der Waals surface area contributed by atoms with Crippen LogP contribution in [-0.4, -0.2) is 14.7 Å². The molecule has 0 bridgehead atoms. The monoisotopic (exact) mass is 331 g/mol. The number of halogens is 2. The van der Waals surface area contributed by atoms with Crippen molar-refractivity contribution in [3.8, 4) is 0 Å². The molecule has 20 heavy (non-hydrogen) atoms. The molecule has 2 aromatic carbocycles. The Kier molecular flexibility index (Phi) is 4.57. The molecular formula is C13H11ClFNO2S2. The van der Waals surface area contributed by atoms with Gasteiger partial charge in [0.1, 0.15) is 5.82 Å². The Bertz CT molecular complexity index is 735. The Balaban J connectivity index is 2.32. The van der Waals surface area contributed by atoms with Crippen LogP contribution < -0.4 is 4.72 Å². The summed E-state index contributed by atoms with van der Waals surface area (Å²) < 4.78 is 39.8. The molecule has 0 aliphatic heterocycles. The molecule has 1 N–H and O–H groups in total. The van der Waals surface area contributed by atoms with E-state index in [-0.39, 0.29) is 9.92 Å². The van der Waals surface area contributed by atoms with Crippen molar-refractivity contribution in [2.45, 2.75) is 9.79 Å². The van der Waals surface area contributed by atoms with Crippen LogP contribution in [0, 0.1) is 5.82 Å². The number of hydrogen-bond acceptors (Lipinski definition) is 3. The van der Waals surface area contributed by atoms with Gasteiger partial charge in [-0.2, -0.15) is 0 Å². The molecule has 7 heteroatoms. The second kappa shape index (κ2) is 6.03.